The third-order valence-electron chi connectivity index (χ3n) is 4.69. The van der Waals surface area contributed by atoms with Crippen molar-refractivity contribution in [1.29, 1.82) is 0 Å². The highest BCUT2D eigenvalue weighted by Gasteiger charge is 2.15. The molecule has 0 atom stereocenters. The number of hydrogen-bond acceptors (Lipinski definition) is 6. The number of fused-ring (bicyclic) bond motifs is 1. The Bertz CT molecular complexity index is 1310. The largest absolute Gasteiger partial charge is 0.504 e. The number of benzene rings is 2. The van der Waals surface area contributed by atoms with Crippen molar-refractivity contribution in [3.63, 3.8) is 0 Å². The second-order valence-corrected chi connectivity index (χ2v) is 6.41. The fourth-order valence-corrected chi connectivity index (χ4v) is 3.22. The second kappa shape index (κ2) is 8.08. The van der Waals surface area contributed by atoms with Crippen LogP contribution in [0.1, 0.15) is 11.4 Å². The molecule has 1 N–H and O–H groups in total. The Morgan fingerprint density at radius 3 is 2.53 bits per heavy atom. The molecule has 0 saturated carbocycles. The van der Waals surface area contributed by atoms with Crippen LogP contribution in [-0.2, 0) is 0 Å². The lowest BCUT2D eigenvalue weighted by atomic mass is 10.1. The molecule has 0 bridgehead atoms. The van der Waals surface area contributed by atoms with E-state index in [1.54, 1.807) is 68.1 Å². The molecule has 0 unspecified atom stereocenters. The normalized spacial score (nSPS) is 11.1. The lowest BCUT2D eigenvalue weighted by Gasteiger charge is -2.14. The molecule has 2 aromatic heterocycles. The van der Waals surface area contributed by atoms with Gasteiger partial charge in [-0.3, -0.25) is 14.3 Å². The minimum atomic E-state index is -0.249. The minimum Gasteiger partial charge on any atom is -0.504 e. The van der Waals surface area contributed by atoms with Crippen LogP contribution in [0.15, 0.2) is 65.7 Å². The van der Waals surface area contributed by atoms with Gasteiger partial charge >= 0.3 is 0 Å². The Hall–Kier alpha value is -4.13. The number of aromatic nitrogens is 3. The maximum Gasteiger partial charge on any atom is 0.266 e. The Morgan fingerprint density at radius 2 is 1.73 bits per heavy atom. The molecule has 7 nitrogen and oxygen atoms in total. The van der Waals surface area contributed by atoms with E-state index in [0.29, 0.717) is 39.5 Å². The average Bonchev–Trinajstić information content (AvgIpc) is 2.78. The van der Waals surface area contributed by atoms with Gasteiger partial charge in [0.2, 0.25) is 0 Å². The summed E-state index contributed by atoms with van der Waals surface area (Å²) in [4.78, 5) is 22.0. The molecule has 0 radical (unpaired) electrons. The van der Waals surface area contributed by atoms with E-state index in [1.165, 1.54) is 11.7 Å². The number of phenolic OH excluding ortho intramolecular Hbond substituents is 1. The summed E-state index contributed by atoms with van der Waals surface area (Å²) >= 11 is 0. The van der Waals surface area contributed by atoms with Crippen LogP contribution in [0, 0.1) is 0 Å². The molecule has 0 aliphatic rings. The zero-order valence-electron chi connectivity index (χ0n) is 16.4. The van der Waals surface area contributed by atoms with Crippen LogP contribution >= 0.6 is 0 Å². The standard InChI is InChI=1S/C23H19N3O4/c1-29-19-8-4-3-7-18(19)26-21(25-17-14-24-13-12-16(17)23(26)28)11-10-15-6-5-9-20(30-2)22(15)27/h3-14,27H,1-2H3. The van der Waals surface area contributed by atoms with Crippen molar-refractivity contribution in [2.45, 2.75) is 0 Å². The fourth-order valence-electron chi connectivity index (χ4n) is 3.22. The molecule has 150 valence electrons. The highest BCUT2D eigenvalue weighted by atomic mass is 16.5. The Labute approximate surface area is 172 Å². The molecule has 4 rings (SSSR count). The van der Waals surface area contributed by atoms with E-state index in [0.717, 1.165) is 0 Å². The van der Waals surface area contributed by atoms with Crippen LogP contribution in [0.4, 0.5) is 0 Å². The Balaban J connectivity index is 1.96. The molecular formula is C23H19N3O4. The van der Waals surface area contributed by atoms with E-state index in [2.05, 4.69) is 9.97 Å². The van der Waals surface area contributed by atoms with E-state index in [9.17, 15) is 9.90 Å². The highest BCUT2D eigenvalue weighted by Crippen LogP contribution is 2.31. The molecule has 2 heterocycles. The van der Waals surface area contributed by atoms with E-state index >= 15 is 0 Å². The third kappa shape index (κ3) is 3.37. The first-order chi connectivity index (χ1) is 14.6. The van der Waals surface area contributed by atoms with Crippen LogP contribution in [0.3, 0.4) is 0 Å². The average molecular weight is 401 g/mol. The van der Waals surface area contributed by atoms with Crippen LogP contribution in [0.25, 0.3) is 28.7 Å². The molecule has 0 aliphatic carbocycles. The topological polar surface area (TPSA) is 86.5 Å². The number of rotatable bonds is 5. The van der Waals surface area contributed by atoms with E-state index < -0.39 is 0 Å². The predicted molar refractivity (Wildman–Crippen MR) is 115 cm³/mol. The van der Waals surface area contributed by atoms with Crippen LogP contribution in [0.5, 0.6) is 17.2 Å². The zero-order valence-corrected chi connectivity index (χ0v) is 16.4. The number of ether oxygens (including phenoxy) is 2. The molecule has 0 spiro atoms. The van der Waals surface area contributed by atoms with Gasteiger partial charge in [-0.2, -0.15) is 0 Å². The van der Waals surface area contributed by atoms with Gasteiger partial charge in [0.05, 0.1) is 37.0 Å². The van der Waals surface area contributed by atoms with Gasteiger partial charge in [-0.1, -0.05) is 24.3 Å². The van der Waals surface area contributed by atoms with Crippen LogP contribution in [0.2, 0.25) is 0 Å². The predicted octanol–water partition coefficient (Wildman–Crippen LogP) is 3.67. The zero-order chi connectivity index (χ0) is 21.1. The first-order valence-corrected chi connectivity index (χ1v) is 9.18. The lowest BCUT2D eigenvalue weighted by molar-refractivity contribution is 0.373. The Morgan fingerprint density at radius 1 is 0.967 bits per heavy atom. The quantitative estimate of drug-likeness (QED) is 0.549. The number of nitrogens with zero attached hydrogens (tertiary/aromatic N) is 3. The smallest absolute Gasteiger partial charge is 0.266 e. The van der Waals surface area contributed by atoms with Gasteiger partial charge in [0.25, 0.3) is 5.56 Å². The first kappa shape index (κ1) is 19.2. The molecule has 0 amide bonds. The SMILES string of the molecule is COc1ccccc1-n1c(C=Cc2cccc(OC)c2O)nc2cnccc2c1=O. The van der Waals surface area contributed by atoms with Crippen molar-refractivity contribution in [2.24, 2.45) is 0 Å². The number of aromatic hydroxyl groups is 1. The van der Waals surface area contributed by atoms with E-state index in [-0.39, 0.29) is 11.3 Å². The fraction of sp³-hybridized carbons (Fsp3) is 0.0870. The molecule has 30 heavy (non-hydrogen) atoms. The summed E-state index contributed by atoms with van der Waals surface area (Å²) in [7, 11) is 3.03. The summed E-state index contributed by atoms with van der Waals surface area (Å²) in [6.45, 7) is 0. The second-order valence-electron chi connectivity index (χ2n) is 6.41. The monoisotopic (exact) mass is 401 g/mol. The maximum absolute atomic E-state index is 13.3. The molecule has 0 aliphatic heterocycles. The van der Waals surface area contributed by atoms with Crippen molar-refractivity contribution in [1.82, 2.24) is 14.5 Å². The number of methoxy groups -OCH3 is 2. The number of para-hydroxylation sites is 3. The number of phenols is 1. The maximum atomic E-state index is 13.3. The van der Waals surface area contributed by atoms with Crippen LogP contribution in [-0.4, -0.2) is 33.9 Å². The third-order valence-corrected chi connectivity index (χ3v) is 4.69. The summed E-state index contributed by atoms with van der Waals surface area (Å²) in [5, 5.41) is 10.8. The summed E-state index contributed by atoms with van der Waals surface area (Å²) in [6.07, 6.45) is 6.44. The number of pyridine rings is 1. The highest BCUT2D eigenvalue weighted by molar-refractivity contribution is 5.80. The lowest BCUT2D eigenvalue weighted by Crippen LogP contribution is -2.23. The summed E-state index contributed by atoms with van der Waals surface area (Å²) in [5.41, 5.74) is 1.32. The molecular weight excluding hydrogens is 382 g/mol. The molecule has 4 aromatic rings. The van der Waals surface area contributed by atoms with E-state index in [4.69, 9.17) is 9.47 Å². The molecule has 0 saturated heterocycles. The minimum absolute atomic E-state index is 0.00453. The van der Waals surface area contributed by atoms with Gasteiger partial charge in [0, 0.05) is 11.8 Å². The van der Waals surface area contributed by atoms with Gasteiger partial charge < -0.3 is 14.6 Å². The van der Waals surface area contributed by atoms with Gasteiger partial charge in [0.1, 0.15) is 11.6 Å². The molecule has 7 heteroatoms. The first-order valence-electron chi connectivity index (χ1n) is 9.18. The van der Waals surface area contributed by atoms with Crippen LogP contribution < -0.4 is 15.0 Å². The van der Waals surface area contributed by atoms with Gasteiger partial charge in [-0.05, 0) is 36.4 Å². The Kier molecular flexibility index (Phi) is 5.17. The van der Waals surface area contributed by atoms with Crippen molar-refractivity contribution < 1.29 is 14.6 Å². The van der Waals surface area contributed by atoms with Crippen molar-refractivity contribution in [3.8, 4) is 22.9 Å². The van der Waals surface area contributed by atoms with Gasteiger partial charge in [-0.25, -0.2) is 4.98 Å². The summed E-state index contributed by atoms with van der Waals surface area (Å²) in [5.74, 6) is 1.26. The van der Waals surface area contributed by atoms with Crippen molar-refractivity contribution in [3.05, 3.63) is 82.7 Å². The summed E-state index contributed by atoms with van der Waals surface area (Å²) < 4.78 is 12.1. The van der Waals surface area contributed by atoms with Crippen molar-refractivity contribution in [2.75, 3.05) is 14.2 Å². The van der Waals surface area contributed by atoms with Gasteiger partial charge in [0.15, 0.2) is 11.5 Å². The van der Waals surface area contributed by atoms with E-state index in [1.807, 2.05) is 12.1 Å². The van der Waals surface area contributed by atoms with Gasteiger partial charge in [-0.15, -0.1) is 0 Å². The summed E-state index contributed by atoms with van der Waals surface area (Å²) in [6, 6.07) is 14.0. The van der Waals surface area contributed by atoms with Crippen molar-refractivity contribution >= 4 is 23.1 Å². The molecule has 2 aromatic carbocycles. The number of hydrogen-bond donors (Lipinski definition) is 1. The molecule has 0 fully saturated rings.